The van der Waals surface area contributed by atoms with Crippen LogP contribution in [0.3, 0.4) is 0 Å². The largest absolute Gasteiger partial charge is 0.462 e. The van der Waals surface area contributed by atoms with Crippen LogP contribution in [0.25, 0.3) is 0 Å². The van der Waals surface area contributed by atoms with E-state index in [1.165, 1.54) is 43.6 Å². The minimum absolute atomic E-state index is 0.00457. The fourth-order valence-electron chi connectivity index (χ4n) is 7.30. The third-order valence-electron chi connectivity index (χ3n) is 7.58. The minimum atomic E-state index is -0.368. The van der Waals surface area contributed by atoms with Crippen molar-refractivity contribution >= 4 is 5.97 Å². The molecule has 0 aromatic carbocycles. The van der Waals surface area contributed by atoms with Crippen LogP contribution in [-0.2, 0) is 9.53 Å². The lowest BCUT2D eigenvalue weighted by molar-refractivity contribution is -0.259. The summed E-state index contributed by atoms with van der Waals surface area (Å²) in [5.41, 5.74) is -0.491. The van der Waals surface area contributed by atoms with Crippen molar-refractivity contribution in [1.82, 2.24) is 5.06 Å². The predicted octanol–water partition coefficient (Wildman–Crippen LogP) is 4.55. The number of carbonyl (C=O) groups excluding carboxylic acids is 1. The van der Waals surface area contributed by atoms with E-state index in [1.54, 1.807) is 0 Å². The Morgan fingerprint density at radius 1 is 0.920 bits per heavy atom. The van der Waals surface area contributed by atoms with E-state index in [0.717, 1.165) is 17.8 Å². The maximum absolute atomic E-state index is 12.8. The van der Waals surface area contributed by atoms with Crippen molar-refractivity contribution in [2.24, 2.45) is 23.2 Å². The zero-order chi connectivity index (χ0) is 18.0. The lowest BCUT2D eigenvalue weighted by atomic mass is 9.49. The van der Waals surface area contributed by atoms with Gasteiger partial charge in [-0.3, -0.25) is 4.79 Å². The van der Waals surface area contributed by atoms with Crippen molar-refractivity contribution in [3.63, 3.8) is 0 Å². The summed E-state index contributed by atoms with van der Waals surface area (Å²) in [6, 6.07) is 0. The van der Waals surface area contributed by atoms with E-state index in [-0.39, 0.29) is 28.6 Å². The van der Waals surface area contributed by atoms with Gasteiger partial charge in [-0.05, 0) is 89.4 Å². The Kier molecular flexibility index (Phi) is 4.05. The number of ether oxygens (including phenoxy) is 1. The van der Waals surface area contributed by atoms with Gasteiger partial charge in [-0.15, -0.1) is 0 Å². The molecule has 0 aromatic heterocycles. The predicted molar refractivity (Wildman–Crippen MR) is 96.1 cm³/mol. The minimum Gasteiger partial charge on any atom is -0.462 e. The summed E-state index contributed by atoms with van der Waals surface area (Å²) in [6.45, 7) is 8.09. The maximum atomic E-state index is 12.8. The van der Waals surface area contributed by atoms with Crippen molar-refractivity contribution in [3.05, 3.63) is 0 Å². The summed E-state index contributed by atoms with van der Waals surface area (Å²) in [6.07, 6.45) is 9.90. The van der Waals surface area contributed by atoms with Gasteiger partial charge in [0.15, 0.2) is 0 Å². The number of piperidine rings is 1. The first-order valence-corrected chi connectivity index (χ1v) is 10.3. The molecule has 0 radical (unpaired) electrons. The van der Waals surface area contributed by atoms with Crippen LogP contribution >= 0.6 is 0 Å². The van der Waals surface area contributed by atoms with Crippen molar-refractivity contribution in [2.45, 2.75) is 103 Å². The molecule has 142 valence electrons. The van der Waals surface area contributed by atoms with Gasteiger partial charge in [-0.25, -0.2) is 0 Å². The van der Waals surface area contributed by atoms with Gasteiger partial charge in [-0.1, -0.05) is 0 Å². The molecule has 5 fully saturated rings. The number of rotatable bonds is 3. The van der Waals surface area contributed by atoms with Crippen LogP contribution in [0, 0.1) is 23.2 Å². The van der Waals surface area contributed by atoms with Gasteiger partial charge in [-0.2, -0.15) is 5.06 Å². The van der Waals surface area contributed by atoms with E-state index in [9.17, 15) is 10.0 Å². The number of nitrogens with zero attached hydrogens (tertiary/aromatic N) is 1. The van der Waals surface area contributed by atoms with Crippen molar-refractivity contribution in [3.8, 4) is 0 Å². The highest BCUT2D eigenvalue weighted by Crippen LogP contribution is 2.61. The van der Waals surface area contributed by atoms with Crippen LogP contribution in [0.2, 0.25) is 0 Å². The quantitative estimate of drug-likeness (QED) is 0.760. The summed E-state index contributed by atoms with van der Waals surface area (Å²) in [5, 5.41) is 11.9. The van der Waals surface area contributed by atoms with Crippen LogP contribution in [0.5, 0.6) is 0 Å². The fraction of sp³-hybridized carbons (Fsp3) is 0.952. The molecule has 4 nitrogen and oxygen atoms in total. The Bertz CT molecular complexity index is 500. The molecule has 0 spiro atoms. The molecule has 0 atom stereocenters. The SMILES string of the molecule is CC1(C)CC(OC(=O)CC23CC4CC(CC(C4)C2)C3)CC(C)(C)N1O. The molecule has 0 unspecified atom stereocenters. The van der Waals surface area contributed by atoms with Crippen LogP contribution in [0.1, 0.15) is 85.5 Å². The summed E-state index contributed by atoms with van der Waals surface area (Å²) >= 11 is 0. The van der Waals surface area contributed by atoms with E-state index >= 15 is 0 Å². The zero-order valence-corrected chi connectivity index (χ0v) is 16.4. The Morgan fingerprint density at radius 2 is 1.36 bits per heavy atom. The molecule has 25 heavy (non-hydrogen) atoms. The molecule has 4 heteroatoms. The lowest BCUT2D eigenvalue weighted by Gasteiger charge is -2.56. The second-order valence-corrected chi connectivity index (χ2v) is 11.1. The molecular weight excluding hydrogens is 314 g/mol. The Balaban J connectivity index is 1.40. The van der Waals surface area contributed by atoms with Crippen molar-refractivity contribution in [2.75, 3.05) is 0 Å². The smallest absolute Gasteiger partial charge is 0.306 e. The topological polar surface area (TPSA) is 49.8 Å². The first kappa shape index (κ1) is 17.8. The number of esters is 1. The highest BCUT2D eigenvalue weighted by Gasteiger charge is 2.52. The van der Waals surface area contributed by atoms with E-state index in [0.29, 0.717) is 19.3 Å². The number of hydrogen-bond donors (Lipinski definition) is 1. The molecule has 1 saturated heterocycles. The van der Waals surface area contributed by atoms with Crippen LogP contribution in [0.4, 0.5) is 0 Å². The molecule has 4 aliphatic carbocycles. The maximum Gasteiger partial charge on any atom is 0.306 e. The van der Waals surface area contributed by atoms with Crippen LogP contribution in [0.15, 0.2) is 0 Å². The van der Waals surface area contributed by atoms with Gasteiger partial charge in [0.05, 0.1) is 6.42 Å². The second-order valence-electron chi connectivity index (χ2n) is 11.1. The summed E-state index contributed by atoms with van der Waals surface area (Å²) in [7, 11) is 0. The molecule has 1 N–H and O–H groups in total. The van der Waals surface area contributed by atoms with Gasteiger partial charge < -0.3 is 9.94 Å². The first-order chi connectivity index (χ1) is 11.6. The Hall–Kier alpha value is -0.610. The standard InChI is InChI=1S/C21H35NO3/c1-19(2)11-17(12-20(3,4)22(19)24)25-18(23)13-21-8-14-5-15(9-21)7-16(6-14)10-21/h14-17,24H,5-13H2,1-4H3. The second kappa shape index (κ2) is 5.69. The molecule has 1 aliphatic heterocycles. The number of hydrogen-bond acceptors (Lipinski definition) is 4. The monoisotopic (exact) mass is 349 g/mol. The highest BCUT2D eigenvalue weighted by atomic mass is 16.5. The van der Waals surface area contributed by atoms with E-state index < -0.39 is 0 Å². The Labute approximate surface area is 152 Å². The number of hydroxylamine groups is 2. The van der Waals surface area contributed by atoms with E-state index in [4.69, 9.17) is 4.74 Å². The van der Waals surface area contributed by atoms with Gasteiger partial charge in [0.1, 0.15) is 6.10 Å². The van der Waals surface area contributed by atoms with Gasteiger partial charge in [0, 0.05) is 23.9 Å². The molecule has 0 aromatic rings. The van der Waals surface area contributed by atoms with Gasteiger partial charge >= 0.3 is 5.97 Å². The highest BCUT2D eigenvalue weighted by molar-refractivity contribution is 5.70. The normalized spacial score (nSPS) is 42.5. The molecule has 1 heterocycles. The van der Waals surface area contributed by atoms with Crippen molar-refractivity contribution in [1.29, 1.82) is 0 Å². The van der Waals surface area contributed by atoms with Crippen molar-refractivity contribution < 1.29 is 14.7 Å². The van der Waals surface area contributed by atoms with Gasteiger partial charge in [0.25, 0.3) is 0 Å². The average molecular weight is 350 g/mol. The summed E-state index contributed by atoms with van der Waals surface area (Å²) in [4.78, 5) is 12.8. The molecular formula is C21H35NO3. The average Bonchev–Trinajstić information content (AvgIpc) is 2.41. The molecule has 4 bridgehead atoms. The molecule has 5 aliphatic rings. The summed E-state index contributed by atoms with van der Waals surface area (Å²) < 4.78 is 5.97. The zero-order valence-electron chi connectivity index (χ0n) is 16.4. The van der Waals surface area contributed by atoms with Crippen LogP contribution in [-0.4, -0.2) is 33.4 Å². The summed E-state index contributed by atoms with van der Waals surface area (Å²) in [5.74, 6) is 2.61. The molecule has 4 saturated carbocycles. The molecule has 5 rings (SSSR count). The molecule has 0 amide bonds. The number of carbonyl (C=O) groups is 1. The first-order valence-electron chi connectivity index (χ1n) is 10.3. The fourth-order valence-corrected chi connectivity index (χ4v) is 7.30. The third-order valence-corrected chi connectivity index (χ3v) is 7.58. The third kappa shape index (κ3) is 3.25. The Morgan fingerprint density at radius 3 is 1.80 bits per heavy atom. The van der Waals surface area contributed by atoms with E-state index in [1.807, 2.05) is 27.7 Å². The van der Waals surface area contributed by atoms with Crippen LogP contribution < -0.4 is 0 Å². The van der Waals surface area contributed by atoms with Gasteiger partial charge in [0.2, 0.25) is 0 Å². The van der Waals surface area contributed by atoms with E-state index in [2.05, 4.69) is 0 Å². The lowest BCUT2D eigenvalue weighted by Crippen LogP contribution is -2.60.